The standard InChI is InChI=1S/C20H38.C18H30/c1-2-3-4-9-16-20(19-14-10-6-11-15-19)17-18-12-7-5-8-13-18;1-14-12-17(15-8-4-2-5-9-15)13-18(14)16-10-6-3-7-11-16/h18-20H,2-17H2,1H3;12,15-18H,2-11,13H2,1H3. The van der Waals surface area contributed by atoms with Gasteiger partial charge in [-0.05, 0) is 86.9 Å². The Kier molecular flexibility index (Phi) is 14.2. The van der Waals surface area contributed by atoms with Crippen LogP contribution in [0.1, 0.15) is 187 Å². The highest BCUT2D eigenvalue weighted by molar-refractivity contribution is 5.16. The Labute approximate surface area is 240 Å². The first-order valence-corrected chi connectivity index (χ1v) is 18.4. The van der Waals surface area contributed by atoms with Crippen LogP contribution in [0.2, 0.25) is 0 Å². The van der Waals surface area contributed by atoms with Crippen molar-refractivity contribution in [1.29, 1.82) is 0 Å². The number of allylic oxidation sites excluding steroid dienone is 2. The van der Waals surface area contributed by atoms with Gasteiger partial charge >= 0.3 is 0 Å². The molecule has 0 aliphatic heterocycles. The fourth-order valence-electron chi connectivity index (χ4n) is 9.84. The van der Waals surface area contributed by atoms with E-state index in [9.17, 15) is 0 Å². The second kappa shape index (κ2) is 17.5. The van der Waals surface area contributed by atoms with Crippen LogP contribution in [0.4, 0.5) is 0 Å². The zero-order valence-electron chi connectivity index (χ0n) is 26.2. The van der Waals surface area contributed by atoms with Crippen LogP contribution < -0.4 is 0 Å². The van der Waals surface area contributed by atoms with Crippen molar-refractivity contribution in [1.82, 2.24) is 0 Å². The Balaban J connectivity index is 0.000000178. The van der Waals surface area contributed by atoms with Crippen LogP contribution in [0.25, 0.3) is 0 Å². The maximum Gasteiger partial charge on any atom is -0.0172 e. The number of hydrogen-bond donors (Lipinski definition) is 0. The molecule has 0 bridgehead atoms. The van der Waals surface area contributed by atoms with E-state index in [0.717, 1.165) is 41.4 Å². The molecule has 5 aliphatic rings. The molecule has 0 nitrogen and oxygen atoms in total. The second-order valence-corrected chi connectivity index (χ2v) is 15.0. The summed E-state index contributed by atoms with van der Waals surface area (Å²) < 4.78 is 0. The average molecular weight is 525 g/mol. The van der Waals surface area contributed by atoms with Gasteiger partial charge in [-0.25, -0.2) is 0 Å². The van der Waals surface area contributed by atoms with Gasteiger partial charge in [0.15, 0.2) is 0 Å². The minimum atomic E-state index is 0.956. The largest absolute Gasteiger partial charge is 0.0819 e. The van der Waals surface area contributed by atoms with Gasteiger partial charge in [0, 0.05) is 0 Å². The van der Waals surface area contributed by atoms with E-state index in [-0.39, 0.29) is 0 Å². The van der Waals surface area contributed by atoms with Crippen molar-refractivity contribution in [2.75, 3.05) is 0 Å². The first-order valence-electron chi connectivity index (χ1n) is 18.4. The molecule has 0 spiro atoms. The highest BCUT2D eigenvalue weighted by Crippen LogP contribution is 2.46. The average Bonchev–Trinajstić information content (AvgIpc) is 3.38. The van der Waals surface area contributed by atoms with E-state index >= 15 is 0 Å². The van der Waals surface area contributed by atoms with Crippen LogP contribution >= 0.6 is 0 Å². The molecule has 0 N–H and O–H groups in total. The Morgan fingerprint density at radius 1 is 0.632 bits per heavy atom. The highest BCUT2D eigenvalue weighted by Gasteiger charge is 2.34. The molecule has 3 unspecified atom stereocenters. The minimum Gasteiger partial charge on any atom is -0.0819 e. The fourth-order valence-corrected chi connectivity index (χ4v) is 9.84. The molecular weight excluding hydrogens is 456 g/mol. The van der Waals surface area contributed by atoms with Crippen molar-refractivity contribution in [2.24, 2.45) is 41.4 Å². The predicted molar refractivity (Wildman–Crippen MR) is 169 cm³/mol. The van der Waals surface area contributed by atoms with Gasteiger partial charge in [0.05, 0.1) is 0 Å². The Morgan fingerprint density at radius 2 is 1.18 bits per heavy atom. The van der Waals surface area contributed by atoms with Crippen LogP contribution in [0.5, 0.6) is 0 Å². The summed E-state index contributed by atoms with van der Waals surface area (Å²) in [5.74, 6) is 7.31. The van der Waals surface area contributed by atoms with Gasteiger partial charge in [-0.1, -0.05) is 153 Å². The lowest BCUT2D eigenvalue weighted by atomic mass is 9.72. The minimum absolute atomic E-state index is 0.956. The third-order valence-electron chi connectivity index (χ3n) is 12.2. The molecule has 0 heterocycles. The Bertz CT molecular complexity index is 620. The van der Waals surface area contributed by atoms with Crippen LogP contribution in [0.15, 0.2) is 11.6 Å². The van der Waals surface area contributed by atoms with Crippen molar-refractivity contribution in [2.45, 2.75) is 187 Å². The maximum atomic E-state index is 2.69. The summed E-state index contributed by atoms with van der Waals surface area (Å²) in [6.07, 6.45) is 43.7. The maximum absolute atomic E-state index is 2.69. The molecule has 0 radical (unpaired) electrons. The molecule has 0 amide bonds. The van der Waals surface area contributed by atoms with E-state index in [2.05, 4.69) is 19.9 Å². The first-order chi connectivity index (χ1) is 18.7. The lowest BCUT2D eigenvalue weighted by Crippen LogP contribution is -2.22. The first kappa shape index (κ1) is 30.7. The van der Waals surface area contributed by atoms with Gasteiger partial charge < -0.3 is 0 Å². The van der Waals surface area contributed by atoms with Gasteiger partial charge in [0.1, 0.15) is 0 Å². The van der Waals surface area contributed by atoms with E-state index < -0.39 is 0 Å². The van der Waals surface area contributed by atoms with Crippen molar-refractivity contribution in [3.8, 4) is 0 Å². The van der Waals surface area contributed by atoms with Crippen LogP contribution in [-0.4, -0.2) is 0 Å². The molecule has 0 aromatic rings. The van der Waals surface area contributed by atoms with E-state index in [1.165, 1.54) is 135 Å². The molecule has 5 rings (SSSR count). The molecule has 220 valence electrons. The summed E-state index contributed by atoms with van der Waals surface area (Å²) in [5.41, 5.74) is 1.76. The lowest BCUT2D eigenvalue weighted by molar-refractivity contribution is 0.177. The summed E-state index contributed by atoms with van der Waals surface area (Å²) in [6, 6.07) is 0. The van der Waals surface area contributed by atoms with Crippen molar-refractivity contribution in [3.63, 3.8) is 0 Å². The molecule has 0 saturated heterocycles. The number of rotatable bonds is 10. The van der Waals surface area contributed by atoms with Gasteiger partial charge in [0.2, 0.25) is 0 Å². The smallest absolute Gasteiger partial charge is 0.0172 e. The van der Waals surface area contributed by atoms with E-state index in [0.29, 0.717) is 0 Å². The quantitative estimate of drug-likeness (QED) is 0.197. The van der Waals surface area contributed by atoms with E-state index in [1.54, 1.807) is 44.1 Å². The predicted octanol–water partition coefficient (Wildman–Crippen LogP) is 12.9. The molecule has 3 atom stereocenters. The normalized spacial score (nSPS) is 29.5. The third-order valence-corrected chi connectivity index (χ3v) is 12.2. The van der Waals surface area contributed by atoms with Gasteiger partial charge in [-0.3, -0.25) is 0 Å². The summed E-state index contributed by atoms with van der Waals surface area (Å²) in [4.78, 5) is 0. The van der Waals surface area contributed by atoms with Gasteiger partial charge in [0.25, 0.3) is 0 Å². The molecule has 5 aliphatic carbocycles. The molecule has 38 heavy (non-hydrogen) atoms. The summed E-state index contributed by atoms with van der Waals surface area (Å²) in [5, 5.41) is 0. The van der Waals surface area contributed by atoms with Crippen molar-refractivity contribution < 1.29 is 0 Å². The molecule has 4 fully saturated rings. The topological polar surface area (TPSA) is 0 Å². The van der Waals surface area contributed by atoms with Gasteiger partial charge in [-0.15, -0.1) is 0 Å². The highest BCUT2D eigenvalue weighted by atomic mass is 14.4. The molecule has 4 saturated carbocycles. The zero-order chi connectivity index (χ0) is 26.4. The Morgan fingerprint density at radius 3 is 1.79 bits per heavy atom. The second-order valence-electron chi connectivity index (χ2n) is 15.0. The Hall–Kier alpha value is -0.260. The molecule has 0 aromatic heterocycles. The SMILES string of the molecule is CC1=CC(C2CCCCC2)CC1C1CCCCC1.CCCCCCC(CC1CCCCC1)C1CCCCC1. The lowest BCUT2D eigenvalue weighted by Gasteiger charge is -2.34. The fraction of sp³-hybridized carbons (Fsp3) is 0.947. The van der Waals surface area contributed by atoms with Crippen LogP contribution in [0, 0.1) is 41.4 Å². The molecular formula is C38H68. The van der Waals surface area contributed by atoms with Gasteiger partial charge in [-0.2, -0.15) is 0 Å². The van der Waals surface area contributed by atoms with Crippen molar-refractivity contribution >= 4 is 0 Å². The summed E-state index contributed by atoms with van der Waals surface area (Å²) in [6.45, 7) is 4.77. The van der Waals surface area contributed by atoms with E-state index in [4.69, 9.17) is 0 Å². The number of unbranched alkanes of at least 4 members (excludes halogenated alkanes) is 3. The molecule has 0 aromatic carbocycles. The van der Waals surface area contributed by atoms with Crippen molar-refractivity contribution in [3.05, 3.63) is 11.6 Å². The van der Waals surface area contributed by atoms with Crippen LogP contribution in [-0.2, 0) is 0 Å². The summed E-state index contributed by atoms with van der Waals surface area (Å²) in [7, 11) is 0. The van der Waals surface area contributed by atoms with E-state index in [1.807, 2.05) is 0 Å². The molecule has 0 heteroatoms. The van der Waals surface area contributed by atoms with Crippen LogP contribution in [0.3, 0.4) is 0 Å². The monoisotopic (exact) mass is 525 g/mol. The number of hydrogen-bond acceptors (Lipinski definition) is 0. The third kappa shape index (κ3) is 9.98. The zero-order valence-corrected chi connectivity index (χ0v) is 26.2. The summed E-state index contributed by atoms with van der Waals surface area (Å²) >= 11 is 0.